The van der Waals surface area contributed by atoms with Crippen molar-refractivity contribution in [3.63, 3.8) is 0 Å². The van der Waals surface area contributed by atoms with Crippen molar-refractivity contribution in [2.75, 3.05) is 5.32 Å². The van der Waals surface area contributed by atoms with Gasteiger partial charge >= 0.3 is 0 Å². The average molecular weight is 456 g/mol. The van der Waals surface area contributed by atoms with Gasteiger partial charge in [0.2, 0.25) is 5.91 Å². The number of aromatic nitrogens is 4. The third kappa shape index (κ3) is 4.15. The summed E-state index contributed by atoms with van der Waals surface area (Å²) < 4.78 is 2.80. The molecule has 4 rings (SSSR count). The summed E-state index contributed by atoms with van der Waals surface area (Å²) in [7, 11) is 0. The Balaban J connectivity index is 1.53. The molecule has 0 radical (unpaired) electrons. The minimum absolute atomic E-state index is 0.0836. The summed E-state index contributed by atoms with van der Waals surface area (Å²) in [5, 5.41) is 15.1. The fourth-order valence-corrected chi connectivity index (χ4v) is 3.81. The topological polar surface area (TPSA) is 75.6 Å². The van der Waals surface area contributed by atoms with Crippen molar-refractivity contribution in [2.45, 2.75) is 57.8 Å². The lowest BCUT2D eigenvalue weighted by atomic mass is 9.85. The summed E-state index contributed by atoms with van der Waals surface area (Å²) in [4.78, 5) is 13.0. The Morgan fingerprint density at radius 2 is 1.97 bits per heavy atom. The maximum absolute atomic E-state index is 13.0. The average Bonchev–Trinajstić information content (AvgIpc) is 3.23. The van der Waals surface area contributed by atoms with Crippen LogP contribution in [0.15, 0.2) is 41.1 Å². The van der Waals surface area contributed by atoms with Gasteiger partial charge in [0.15, 0.2) is 5.82 Å². The molecule has 3 aromatic rings. The first-order valence-corrected chi connectivity index (χ1v) is 10.7. The Bertz CT molecular complexity index is 1020. The molecule has 1 aromatic carbocycles. The number of hydrogen-bond donors (Lipinski definition) is 2. The van der Waals surface area contributed by atoms with Gasteiger partial charge in [-0.2, -0.15) is 10.2 Å². The fraction of sp³-hybridized carbons (Fsp3) is 0.409. The lowest BCUT2D eigenvalue weighted by Crippen LogP contribution is -2.22. The van der Waals surface area contributed by atoms with E-state index >= 15 is 0 Å². The monoisotopic (exact) mass is 455 g/mol. The number of carbonyl (C=O) groups is 1. The van der Waals surface area contributed by atoms with Crippen LogP contribution in [0.3, 0.4) is 0 Å². The summed E-state index contributed by atoms with van der Waals surface area (Å²) in [6.45, 7) is 8.37. The highest BCUT2D eigenvalue weighted by atomic mass is 79.9. The third-order valence-corrected chi connectivity index (χ3v) is 5.89. The van der Waals surface area contributed by atoms with E-state index in [-0.39, 0.29) is 17.2 Å². The van der Waals surface area contributed by atoms with E-state index in [4.69, 9.17) is 0 Å². The molecule has 2 aromatic heterocycles. The van der Waals surface area contributed by atoms with Crippen LogP contribution in [-0.2, 0) is 10.2 Å². The van der Waals surface area contributed by atoms with Gasteiger partial charge in [0.1, 0.15) is 0 Å². The number of carbonyl (C=O) groups excluding carboxylic acids is 1. The van der Waals surface area contributed by atoms with Gasteiger partial charge < -0.3 is 5.32 Å². The molecule has 1 aliphatic carbocycles. The van der Waals surface area contributed by atoms with Crippen molar-refractivity contribution in [3.05, 3.63) is 58.0 Å². The van der Waals surface area contributed by atoms with Gasteiger partial charge in [-0.1, -0.05) is 36.7 Å². The van der Waals surface area contributed by atoms with Gasteiger partial charge in [-0.15, -0.1) is 0 Å². The second kappa shape index (κ2) is 7.44. The predicted molar refractivity (Wildman–Crippen MR) is 118 cm³/mol. The van der Waals surface area contributed by atoms with E-state index in [2.05, 4.69) is 57.3 Å². The number of hydrogen-bond acceptors (Lipinski definition) is 3. The standard InChI is InChI=1S/C22H26BrN5O/c1-13(15-11-24-28(12-15)17-9-7-16(23)8-10-17)21(29)25-20-18(22(2,3)4)19(26-27-20)14-5-6-14/h7-14H,5-6H2,1-4H3,(H2,25,26,27,29). The molecule has 1 atom stereocenters. The lowest BCUT2D eigenvalue weighted by molar-refractivity contribution is -0.117. The Morgan fingerprint density at radius 1 is 1.28 bits per heavy atom. The molecule has 0 saturated heterocycles. The largest absolute Gasteiger partial charge is 0.308 e. The van der Waals surface area contributed by atoms with Gasteiger partial charge in [-0.3, -0.25) is 9.89 Å². The minimum Gasteiger partial charge on any atom is -0.308 e. The molecular weight excluding hydrogens is 430 g/mol. The first kappa shape index (κ1) is 19.9. The third-order valence-electron chi connectivity index (χ3n) is 5.36. The van der Waals surface area contributed by atoms with Crippen molar-refractivity contribution < 1.29 is 4.79 Å². The second-order valence-electron chi connectivity index (χ2n) is 8.79. The molecule has 1 amide bonds. The summed E-state index contributed by atoms with van der Waals surface area (Å²) in [6, 6.07) is 7.89. The molecule has 0 bridgehead atoms. The number of nitrogens with one attached hydrogen (secondary N) is 2. The zero-order valence-corrected chi connectivity index (χ0v) is 18.7. The van der Waals surface area contributed by atoms with E-state index in [9.17, 15) is 4.79 Å². The Kier molecular flexibility index (Phi) is 5.11. The summed E-state index contributed by atoms with van der Waals surface area (Å²) in [5.74, 6) is 0.772. The van der Waals surface area contributed by atoms with E-state index < -0.39 is 0 Å². The molecule has 2 heterocycles. The minimum atomic E-state index is -0.340. The van der Waals surface area contributed by atoms with E-state index in [1.165, 1.54) is 18.5 Å². The van der Waals surface area contributed by atoms with Gasteiger partial charge in [0.05, 0.1) is 17.8 Å². The summed E-state index contributed by atoms with van der Waals surface area (Å²) in [6.07, 6.45) is 6.02. The molecule has 7 heteroatoms. The fourth-order valence-electron chi connectivity index (χ4n) is 3.54. The van der Waals surface area contributed by atoms with Crippen molar-refractivity contribution in [2.24, 2.45) is 0 Å². The smallest absolute Gasteiger partial charge is 0.232 e. The van der Waals surface area contributed by atoms with Crippen LogP contribution in [-0.4, -0.2) is 25.9 Å². The van der Waals surface area contributed by atoms with Crippen LogP contribution in [0.1, 0.15) is 69.2 Å². The van der Waals surface area contributed by atoms with Crippen molar-refractivity contribution in [3.8, 4) is 5.69 Å². The number of amides is 1. The highest BCUT2D eigenvalue weighted by molar-refractivity contribution is 9.10. The SMILES string of the molecule is CC(C(=O)Nc1n[nH]c(C2CC2)c1C(C)(C)C)c1cnn(-c2ccc(Br)cc2)c1. The Labute approximate surface area is 179 Å². The Hall–Kier alpha value is -2.41. The molecule has 1 saturated carbocycles. The zero-order valence-electron chi connectivity index (χ0n) is 17.2. The zero-order chi connectivity index (χ0) is 20.8. The number of nitrogens with zero attached hydrogens (tertiary/aromatic N) is 3. The molecule has 2 N–H and O–H groups in total. The second-order valence-corrected chi connectivity index (χ2v) is 9.71. The van der Waals surface area contributed by atoms with Crippen LogP contribution in [0.25, 0.3) is 5.69 Å². The molecule has 29 heavy (non-hydrogen) atoms. The molecule has 1 fully saturated rings. The molecule has 152 valence electrons. The molecule has 0 aliphatic heterocycles. The molecule has 1 unspecified atom stereocenters. The van der Waals surface area contributed by atoms with E-state index in [1.807, 2.05) is 37.4 Å². The highest BCUT2D eigenvalue weighted by Crippen LogP contribution is 2.45. The van der Waals surface area contributed by atoms with Gasteiger partial charge in [0.25, 0.3) is 0 Å². The maximum Gasteiger partial charge on any atom is 0.232 e. The van der Waals surface area contributed by atoms with Crippen molar-refractivity contribution >= 4 is 27.7 Å². The highest BCUT2D eigenvalue weighted by Gasteiger charge is 2.35. The van der Waals surface area contributed by atoms with Gasteiger partial charge in [-0.05, 0) is 49.4 Å². The molecular formula is C22H26BrN5O. The van der Waals surface area contributed by atoms with Gasteiger partial charge in [0, 0.05) is 33.4 Å². The number of H-pyrrole nitrogens is 1. The van der Waals surface area contributed by atoms with Crippen LogP contribution in [0.4, 0.5) is 5.82 Å². The van der Waals surface area contributed by atoms with Crippen molar-refractivity contribution in [1.82, 2.24) is 20.0 Å². The van der Waals surface area contributed by atoms with E-state index in [0.717, 1.165) is 21.3 Å². The maximum atomic E-state index is 13.0. The normalized spacial score (nSPS) is 15.3. The molecule has 0 spiro atoms. The van der Waals surface area contributed by atoms with E-state index in [1.54, 1.807) is 10.9 Å². The summed E-state index contributed by atoms with van der Waals surface area (Å²) in [5.41, 5.74) is 4.00. The first-order chi connectivity index (χ1) is 13.7. The Morgan fingerprint density at radius 3 is 2.59 bits per heavy atom. The van der Waals surface area contributed by atoms with Crippen LogP contribution in [0.2, 0.25) is 0 Å². The molecule has 6 nitrogen and oxygen atoms in total. The number of halogens is 1. The number of anilines is 1. The predicted octanol–water partition coefficient (Wildman–Crippen LogP) is 5.28. The quantitative estimate of drug-likeness (QED) is 0.549. The van der Waals surface area contributed by atoms with Crippen LogP contribution in [0, 0.1) is 0 Å². The molecule has 1 aliphatic rings. The lowest BCUT2D eigenvalue weighted by Gasteiger charge is -2.21. The number of rotatable bonds is 5. The van der Waals surface area contributed by atoms with Gasteiger partial charge in [-0.25, -0.2) is 4.68 Å². The number of aromatic amines is 1. The van der Waals surface area contributed by atoms with Crippen molar-refractivity contribution in [1.29, 1.82) is 0 Å². The van der Waals surface area contributed by atoms with Crippen LogP contribution >= 0.6 is 15.9 Å². The van der Waals surface area contributed by atoms with E-state index in [0.29, 0.717) is 11.7 Å². The first-order valence-electron chi connectivity index (χ1n) is 9.94. The number of benzene rings is 1. The van der Waals surface area contributed by atoms with Crippen LogP contribution in [0.5, 0.6) is 0 Å². The van der Waals surface area contributed by atoms with Crippen LogP contribution < -0.4 is 5.32 Å². The summed E-state index contributed by atoms with van der Waals surface area (Å²) >= 11 is 3.44.